The van der Waals surface area contributed by atoms with Crippen LogP contribution in [0.25, 0.3) is 0 Å². The normalized spacial score (nSPS) is 15.9. The van der Waals surface area contributed by atoms with Crippen LogP contribution in [-0.2, 0) is 20.9 Å². The second kappa shape index (κ2) is 13.2. The number of Topliss-reactive ketones (excluding diaryl/α,β-unsaturated/α-hetero) is 1. The summed E-state index contributed by atoms with van der Waals surface area (Å²) in [5, 5.41) is 9.37. The van der Waals surface area contributed by atoms with E-state index in [0.717, 1.165) is 18.4 Å². The molecule has 1 atom stereocenters. The molecule has 5 heteroatoms. The Balaban J connectivity index is 0.000000292. The summed E-state index contributed by atoms with van der Waals surface area (Å²) >= 11 is 0. The predicted octanol–water partition coefficient (Wildman–Crippen LogP) is 5.43. The number of phenolic OH excluding ortho intramolecular Hbond substituents is 1. The molecule has 0 aromatic heterocycles. The number of ketones is 1. The van der Waals surface area contributed by atoms with Crippen LogP contribution in [0.2, 0.25) is 0 Å². The number of carbonyl (C=O) groups excluding carboxylic acids is 2. The maximum atomic E-state index is 11.2. The molecule has 0 bridgehead atoms. The molecule has 5 nitrogen and oxygen atoms in total. The van der Waals surface area contributed by atoms with Crippen LogP contribution in [0.5, 0.6) is 11.5 Å². The first-order valence-corrected chi connectivity index (χ1v) is 10.4. The highest BCUT2D eigenvalue weighted by atomic mass is 16.5. The lowest BCUT2D eigenvalue weighted by Crippen LogP contribution is -2.11. The van der Waals surface area contributed by atoms with Crippen molar-refractivity contribution in [2.75, 3.05) is 7.11 Å². The van der Waals surface area contributed by atoms with Crippen molar-refractivity contribution in [3.8, 4) is 11.5 Å². The summed E-state index contributed by atoms with van der Waals surface area (Å²) in [6.07, 6.45) is 9.56. The number of carbonyl (C=O) groups is 2. The van der Waals surface area contributed by atoms with Gasteiger partial charge in [0.1, 0.15) is 12.4 Å². The average Bonchev–Trinajstić information content (AvgIpc) is 3.09. The van der Waals surface area contributed by atoms with Crippen LogP contribution in [0.1, 0.15) is 77.7 Å². The van der Waals surface area contributed by atoms with Gasteiger partial charge in [-0.3, -0.25) is 9.59 Å². The summed E-state index contributed by atoms with van der Waals surface area (Å²) in [7, 11) is 1.47. The Labute approximate surface area is 169 Å². The number of aromatic hydroxyl groups is 1. The lowest BCUT2D eigenvalue weighted by molar-refractivity contribution is -0.148. The molecule has 1 aliphatic rings. The first kappa shape index (κ1) is 24.0. The summed E-state index contributed by atoms with van der Waals surface area (Å²) in [5.74, 6) is 1.04. The van der Waals surface area contributed by atoms with E-state index in [1.807, 2.05) is 0 Å². The molecule has 0 radical (unpaired) electrons. The number of ether oxygens (including phenoxy) is 2. The van der Waals surface area contributed by atoms with Crippen molar-refractivity contribution in [1.82, 2.24) is 0 Å². The third kappa shape index (κ3) is 8.77. The van der Waals surface area contributed by atoms with Crippen LogP contribution in [0.15, 0.2) is 18.2 Å². The molecular weight excluding hydrogens is 356 g/mol. The molecule has 1 saturated carbocycles. The Kier molecular flexibility index (Phi) is 11.3. The molecule has 158 valence electrons. The maximum Gasteiger partial charge on any atom is 0.308 e. The Morgan fingerprint density at radius 3 is 2.57 bits per heavy atom. The van der Waals surface area contributed by atoms with Gasteiger partial charge in [-0.1, -0.05) is 52.5 Å². The highest BCUT2D eigenvalue weighted by Gasteiger charge is 2.23. The molecule has 1 aliphatic carbocycles. The zero-order chi connectivity index (χ0) is 20.9. The van der Waals surface area contributed by atoms with E-state index in [0.29, 0.717) is 17.5 Å². The molecule has 1 fully saturated rings. The third-order valence-electron chi connectivity index (χ3n) is 4.93. The zero-order valence-electron chi connectivity index (χ0n) is 17.8. The lowest BCUT2D eigenvalue weighted by Gasteiger charge is -2.09. The minimum absolute atomic E-state index is 0.0708. The fraction of sp³-hybridized carbons (Fsp3) is 0.652. The second-order valence-electron chi connectivity index (χ2n) is 7.67. The summed E-state index contributed by atoms with van der Waals surface area (Å²) < 4.78 is 10.0. The molecule has 1 unspecified atom stereocenters. The van der Waals surface area contributed by atoms with Crippen molar-refractivity contribution in [3.63, 3.8) is 0 Å². The van der Waals surface area contributed by atoms with Gasteiger partial charge in [0, 0.05) is 12.3 Å². The Bertz CT molecular complexity index is 609. The second-order valence-corrected chi connectivity index (χ2v) is 7.67. The van der Waals surface area contributed by atoms with Gasteiger partial charge in [0.15, 0.2) is 11.5 Å². The molecule has 1 aromatic rings. The molecular formula is C23H36O5. The standard InChI is InChI=1S/C12H16O4.C11H20O/c1-8(2)12(14)16-7-9-4-5-10(13)11(6-9)15-3;1-2-3-4-5-7-10-8-6-9-11(10)12/h4-6,8,13H,7H2,1-3H3;10H,2-9H2,1H3. The van der Waals surface area contributed by atoms with Gasteiger partial charge in [0.05, 0.1) is 13.0 Å². The topological polar surface area (TPSA) is 72.8 Å². The van der Waals surface area contributed by atoms with E-state index in [2.05, 4.69) is 6.92 Å². The van der Waals surface area contributed by atoms with Gasteiger partial charge >= 0.3 is 5.97 Å². The van der Waals surface area contributed by atoms with Gasteiger partial charge in [-0.25, -0.2) is 0 Å². The summed E-state index contributed by atoms with van der Waals surface area (Å²) in [6.45, 7) is 5.97. The van der Waals surface area contributed by atoms with E-state index in [4.69, 9.17) is 9.47 Å². The van der Waals surface area contributed by atoms with Crippen LogP contribution >= 0.6 is 0 Å². The maximum absolute atomic E-state index is 11.2. The predicted molar refractivity (Wildman–Crippen MR) is 110 cm³/mol. The van der Waals surface area contributed by atoms with Crippen molar-refractivity contribution < 1.29 is 24.2 Å². The van der Waals surface area contributed by atoms with Gasteiger partial charge in [-0.15, -0.1) is 0 Å². The molecule has 1 N–H and O–H groups in total. The average molecular weight is 393 g/mol. The smallest absolute Gasteiger partial charge is 0.308 e. The number of esters is 1. The first-order chi connectivity index (χ1) is 13.4. The lowest BCUT2D eigenvalue weighted by atomic mass is 9.99. The van der Waals surface area contributed by atoms with Crippen molar-refractivity contribution in [1.29, 1.82) is 0 Å². The van der Waals surface area contributed by atoms with Crippen LogP contribution in [0, 0.1) is 11.8 Å². The van der Waals surface area contributed by atoms with Gasteiger partial charge in [0.2, 0.25) is 0 Å². The molecule has 1 aromatic carbocycles. The third-order valence-corrected chi connectivity index (χ3v) is 4.93. The number of phenols is 1. The Morgan fingerprint density at radius 1 is 1.25 bits per heavy atom. The summed E-state index contributed by atoms with van der Waals surface area (Å²) in [5.41, 5.74) is 0.781. The van der Waals surface area contributed by atoms with Crippen molar-refractivity contribution in [3.05, 3.63) is 23.8 Å². The SMILES string of the molecule is CCCCCCC1CCCC1=O.COc1cc(COC(=O)C(C)C)ccc1O. The Morgan fingerprint density at radius 2 is 2.00 bits per heavy atom. The van der Waals surface area contributed by atoms with Gasteiger partial charge < -0.3 is 14.6 Å². The fourth-order valence-electron chi connectivity index (χ4n) is 3.14. The van der Waals surface area contributed by atoms with E-state index in [-0.39, 0.29) is 24.2 Å². The molecule has 28 heavy (non-hydrogen) atoms. The molecule has 2 rings (SSSR count). The largest absolute Gasteiger partial charge is 0.504 e. The zero-order valence-corrected chi connectivity index (χ0v) is 17.8. The highest BCUT2D eigenvalue weighted by molar-refractivity contribution is 5.82. The van der Waals surface area contributed by atoms with E-state index in [9.17, 15) is 14.7 Å². The minimum atomic E-state index is -0.243. The van der Waals surface area contributed by atoms with E-state index in [1.165, 1.54) is 51.7 Å². The fourth-order valence-corrected chi connectivity index (χ4v) is 3.14. The molecule has 0 spiro atoms. The number of unbranched alkanes of at least 4 members (excludes halogenated alkanes) is 3. The first-order valence-electron chi connectivity index (χ1n) is 10.4. The van der Waals surface area contributed by atoms with Crippen molar-refractivity contribution in [2.45, 2.75) is 78.7 Å². The molecule has 0 heterocycles. The van der Waals surface area contributed by atoms with Crippen molar-refractivity contribution >= 4 is 11.8 Å². The van der Waals surface area contributed by atoms with Gasteiger partial charge in [-0.05, 0) is 37.0 Å². The quantitative estimate of drug-likeness (QED) is 0.448. The van der Waals surface area contributed by atoms with E-state index < -0.39 is 0 Å². The van der Waals surface area contributed by atoms with E-state index in [1.54, 1.807) is 26.0 Å². The number of methoxy groups -OCH3 is 1. The monoisotopic (exact) mass is 392 g/mol. The minimum Gasteiger partial charge on any atom is -0.504 e. The van der Waals surface area contributed by atoms with Crippen molar-refractivity contribution in [2.24, 2.45) is 11.8 Å². The van der Waals surface area contributed by atoms with Crippen LogP contribution in [0.4, 0.5) is 0 Å². The summed E-state index contributed by atoms with van der Waals surface area (Å²) in [6, 6.07) is 4.84. The van der Waals surface area contributed by atoms with Gasteiger partial charge in [-0.2, -0.15) is 0 Å². The number of benzene rings is 1. The summed E-state index contributed by atoms with van der Waals surface area (Å²) in [4.78, 5) is 22.5. The van der Waals surface area contributed by atoms with Crippen LogP contribution < -0.4 is 4.74 Å². The molecule has 0 saturated heterocycles. The number of hydrogen-bond acceptors (Lipinski definition) is 5. The van der Waals surface area contributed by atoms with Crippen LogP contribution in [0.3, 0.4) is 0 Å². The number of rotatable bonds is 9. The van der Waals surface area contributed by atoms with E-state index >= 15 is 0 Å². The highest BCUT2D eigenvalue weighted by Crippen LogP contribution is 2.27. The molecule has 0 amide bonds. The van der Waals surface area contributed by atoms with Crippen LogP contribution in [-0.4, -0.2) is 24.0 Å². The molecule has 0 aliphatic heterocycles. The Hall–Kier alpha value is -2.04. The van der Waals surface area contributed by atoms with Gasteiger partial charge in [0.25, 0.3) is 0 Å². The number of hydrogen-bond donors (Lipinski definition) is 1.